The van der Waals surface area contributed by atoms with Gasteiger partial charge in [0.15, 0.2) is 0 Å². The van der Waals surface area contributed by atoms with Gasteiger partial charge in [0.1, 0.15) is 0 Å². The third-order valence-corrected chi connectivity index (χ3v) is 4.12. The van der Waals surface area contributed by atoms with Gasteiger partial charge < -0.3 is 15.1 Å². The van der Waals surface area contributed by atoms with Gasteiger partial charge in [-0.1, -0.05) is 19.3 Å². The van der Waals surface area contributed by atoms with Crippen molar-refractivity contribution in [1.29, 1.82) is 0 Å². The molecule has 1 aliphatic rings. The van der Waals surface area contributed by atoms with Crippen molar-refractivity contribution >= 4 is 11.4 Å². The lowest BCUT2D eigenvalue weighted by atomic mass is 9.93. The normalized spacial score (nSPS) is 15.9. The van der Waals surface area contributed by atoms with Crippen LogP contribution >= 0.6 is 0 Å². The summed E-state index contributed by atoms with van der Waals surface area (Å²) in [5.74, 6) is 0. The van der Waals surface area contributed by atoms with Gasteiger partial charge in [-0.3, -0.25) is 10.1 Å². The summed E-state index contributed by atoms with van der Waals surface area (Å²) in [7, 11) is 0. The van der Waals surface area contributed by atoms with E-state index in [4.69, 9.17) is 0 Å². The number of hydrogen-bond donors (Lipinski definition) is 2. The summed E-state index contributed by atoms with van der Waals surface area (Å²) < 4.78 is 0. The molecule has 0 atom stereocenters. The van der Waals surface area contributed by atoms with E-state index in [0.717, 1.165) is 18.5 Å². The number of aliphatic hydroxyl groups excluding tert-OH is 2. The Morgan fingerprint density at radius 2 is 1.95 bits per heavy atom. The predicted octanol–water partition coefficient (Wildman–Crippen LogP) is 2.22. The lowest BCUT2D eigenvalue weighted by Crippen LogP contribution is -2.38. The van der Waals surface area contributed by atoms with Crippen LogP contribution in [0, 0.1) is 10.1 Å². The molecule has 0 heterocycles. The number of benzene rings is 1. The van der Waals surface area contributed by atoms with E-state index >= 15 is 0 Å². The number of nitrogens with zero attached hydrogens (tertiary/aromatic N) is 2. The quantitative estimate of drug-likeness (QED) is 0.620. The van der Waals surface area contributed by atoms with Crippen LogP contribution in [0.4, 0.5) is 11.4 Å². The summed E-state index contributed by atoms with van der Waals surface area (Å²) in [5.41, 5.74) is 1.09. The molecule has 0 spiro atoms. The molecule has 21 heavy (non-hydrogen) atoms. The van der Waals surface area contributed by atoms with Gasteiger partial charge in [-0.2, -0.15) is 0 Å². The Bertz CT molecular complexity index is 487. The van der Waals surface area contributed by atoms with Crippen LogP contribution in [0.1, 0.15) is 37.7 Å². The average Bonchev–Trinajstić information content (AvgIpc) is 2.52. The van der Waals surface area contributed by atoms with Gasteiger partial charge in [0, 0.05) is 24.3 Å². The highest BCUT2D eigenvalue weighted by atomic mass is 16.6. The van der Waals surface area contributed by atoms with Crippen LogP contribution in [0.5, 0.6) is 0 Å². The second kappa shape index (κ2) is 7.38. The molecule has 0 unspecified atom stereocenters. The van der Waals surface area contributed by atoms with Crippen LogP contribution in [0.2, 0.25) is 0 Å². The Balaban J connectivity index is 2.28. The molecule has 0 aromatic heterocycles. The zero-order valence-corrected chi connectivity index (χ0v) is 12.1. The Morgan fingerprint density at radius 1 is 1.24 bits per heavy atom. The minimum atomic E-state index is -0.480. The number of nitro benzene ring substituents is 1. The van der Waals surface area contributed by atoms with E-state index in [1.165, 1.54) is 25.3 Å². The molecular weight excluding hydrogens is 272 g/mol. The lowest BCUT2D eigenvalue weighted by Gasteiger charge is -2.36. The van der Waals surface area contributed by atoms with Crippen LogP contribution in [-0.4, -0.2) is 34.3 Å². The first-order valence-electron chi connectivity index (χ1n) is 7.43. The Hall–Kier alpha value is -1.66. The van der Waals surface area contributed by atoms with Crippen molar-refractivity contribution in [3.05, 3.63) is 33.9 Å². The summed E-state index contributed by atoms with van der Waals surface area (Å²) >= 11 is 0. The molecule has 0 saturated heterocycles. The third kappa shape index (κ3) is 3.71. The molecule has 6 heteroatoms. The molecule has 1 aliphatic carbocycles. The van der Waals surface area contributed by atoms with Gasteiger partial charge in [-0.05, 0) is 25.0 Å². The van der Waals surface area contributed by atoms with E-state index in [1.807, 2.05) is 0 Å². The number of aliphatic hydroxyl groups is 2. The fourth-order valence-corrected chi connectivity index (χ4v) is 3.08. The maximum Gasteiger partial charge on any atom is 0.275 e. The minimum absolute atomic E-state index is 0.0436. The zero-order valence-electron chi connectivity index (χ0n) is 12.1. The monoisotopic (exact) mass is 294 g/mol. The molecule has 1 aromatic carbocycles. The second-order valence-corrected chi connectivity index (χ2v) is 5.44. The van der Waals surface area contributed by atoms with E-state index in [9.17, 15) is 20.3 Å². The molecule has 0 amide bonds. The van der Waals surface area contributed by atoms with Gasteiger partial charge >= 0.3 is 0 Å². The number of nitro groups is 1. The summed E-state index contributed by atoms with van der Waals surface area (Å²) in [4.78, 5) is 12.6. The van der Waals surface area contributed by atoms with Crippen LogP contribution < -0.4 is 4.90 Å². The summed E-state index contributed by atoms with van der Waals surface area (Å²) in [6.45, 7) is 0.192. The van der Waals surface area contributed by atoms with Gasteiger partial charge in [-0.25, -0.2) is 0 Å². The van der Waals surface area contributed by atoms with Crippen LogP contribution in [0.15, 0.2) is 18.2 Å². The molecule has 2 rings (SSSR count). The topological polar surface area (TPSA) is 86.8 Å². The maximum absolute atomic E-state index is 10.9. The van der Waals surface area contributed by atoms with E-state index in [2.05, 4.69) is 4.90 Å². The van der Waals surface area contributed by atoms with E-state index in [0.29, 0.717) is 18.2 Å². The first-order chi connectivity index (χ1) is 10.2. The van der Waals surface area contributed by atoms with Crippen molar-refractivity contribution < 1.29 is 15.1 Å². The van der Waals surface area contributed by atoms with E-state index in [-0.39, 0.29) is 18.9 Å². The zero-order chi connectivity index (χ0) is 15.2. The van der Waals surface area contributed by atoms with Crippen molar-refractivity contribution in [2.75, 3.05) is 18.1 Å². The Labute approximate surface area is 124 Å². The largest absolute Gasteiger partial charge is 0.395 e. The van der Waals surface area contributed by atoms with Crippen molar-refractivity contribution in [1.82, 2.24) is 0 Å². The van der Waals surface area contributed by atoms with Gasteiger partial charge in [0.2, 0.25) is 0 Å². The van der Waals surface area contributed by atoms with E-state index < -0.39 is 4.92 Å². The molecule has 1 fully saturated rings. The molecule has 1 aromatic rings. The summed E-state index contributed by atoms with van der Waals surface area (Å²) in [6, 6.07) is 5.18. The molecular formula is C15H22N2O4. The lowest BCUT2D eigenvalue weighted by molar-refractivity contribution is -0.385. The SMILES string of the molecule is O=[N+]([O-])c1ccc(N(CCO)C2CCCCC2)cc1CO. The average molecular weight is 294 g/mol. The molecule has 0 aliphatic heterocycles. The van der Waals surface area contributed by atoms with Crippen LogP contribution in [0.25, 0.3) is 0 Å². The molecule has 116 valence electrons. The second-order valence-electron chi connectivity index (χ2n) is 5.44. The summed E-state index contributed by atoms with van der Waals surface area (Å²) in [5, 5.41) is 29.6. The standard InChI is InChI=1S/C15H22N2O4/c18-9-8-16(13-4-2-1-3-5-13)14-6-7-15(17(20)21)12(10-14)11-19/h6-7,10,13,18-19H,1-5,8-9,11H2. The Morgan fingerprint density at radius 3 is 2.52 bits per heavy atom. The van der Waals surface area contributed by atoms with Crippen molar-refractivity contribution in [2.24, 2.45) is 0 Å². The molecule has 0 radical (unpaired) electrons. The number of rotatable bonds is 6. The smallest absolute Gasteiger partial charge is 0.275 e. The number of anilines is 1. The number of hydrogen-bond acceptors (Lipinski definition) is 5. The van der Waals surface area contributed by atoms with E-state index in [1.54, 1.807) is 12.1 Å². The first kappa shape index (κ1) is 15.7. The summed E-state index contributed by atoms with van der Waals surface area (Å²) in [6.07, 6.45) is 5.74. The van der Waals surface area contributed by atoms with Crippen LogP contribution in [-0.2, 0) is 6.61 Å². The first-order valence-corrected chi connectivity index (χ1v) is 7.43. The highest BCUT2D eigenvalue weighted by Crippen LogP contribution is 2.30. The van der Waals surface area contributed by atoms with Crippen molar-refractivity contribution in [3.63, 3.8) is 0 Å². The van der Waals surface area contributed by atoms with Gasteiger partial charge in [0.05, 0.1) is 23.7 Å². The third-order valence-electron chi connectivity index (χ3n) is 4.12. The van der Waals surface area contributed by atoms with Crippen molar-refractivity contribution in [2.45, 2.75) is 44.8 Å². The van der Waals surface area contributed by atoms with Gasteiger partial charge in [0.25, 0.3) is 5.69 Å². The minimum Gasteiger partial charge on any atom is -0.395 e. The highest BCUT2D eigenvalue weighted by Gasteiger charge is 2.23. The molecule has 2 N–H and O–H groups in total. The van der Waals surface area contributed by atoms with Crippen LogP contribution in [0.3, 0.4) is 0 Å². The van der Waals surface area contributed by atoms with Gasteiger partial charge in [-0.15, -0.1) is 0 Å². The molecule has 1 saturated carbocycles. The fraction of sp³-hybridized carbons (Fsp3) is 0.600. The predicted molar refractivity (Wildman–Crippen MR) is 80.3 cm³/mol. The van der Waals surface area contributed by atoms with Crippen molar-refractivity contribution in [3.8, 4) is 0 Å². The maximum atomic E-state index is 10.9. The Kier molecular flexibility index (Phi) is 5.52. The molecule has 0 bridgehead atoms. The fourth-order valence-electron chi connectivity index (χ4n) is 3.08. The highest BCUT2D eigenvalue weighted by molar-refractivity contribution is 5.56. The molecule has 6 nitrogen and oxygen atoms in total.